The predicted octanol–water partition coefficient (Wildman–Crippen LogP) is 2.82. The quantitative estimate of drug-likeness (QED) is 0.632. The van der Waals surface area contributed by atoms with Gasteiger partial charge in [-0.25, -0.2) is 4.79 Å². The highest BCUT2D eigenvalue weighted by Gasteiger charge is 2.53. The summed E-state index contributed by atoms with van der Waals surface area (Å²) in [5.74, 6) is -0.837. The number of carbonyl (C=O) groups is 2. The molecule has 1 aromatic rings. The van der Waals surface area contributed by atoms with Crippen LogP contribution < -0.4 is 0 Å². The molecule has 4 nitrogen and oxygen atoms in total. The Morgan fingerprint density at radius 3 is 2.48 bits per heavy atom. The van der Waals surface area contributed by atoms with Crippen LogP contribution >= 0.6 is 23.4 Å². The summed E-state index contributed by atoms with van der Waals surface area (Å²) in [4.78, 5) is 26.0. The van der Waals surface area contributed by atoms with E-state index in [1.54, 1.807) is 16.7 Å². The number of hydrogen-bond acceptors (Lipinski definition) is 4. The van der Waals surface area contributed by atoms with Crippen LogP contribution in [0.4, 0.5) is 0 Å². The van der Waals surface area contributed by atoms with Gasteiger partial charge in [0, 0.05) is 4.75 Å². The van der Waals surface area contributed by atoms with E-state index in [0.29, 0.717) is 0 Å². The third-order valence-electron chi connectivity index (χ3n) is 3.52. The molecule has 0 radical (unpaired) electrons. The Hall–Kier alpha value is -1.20. The van der Waals surface area contributed by atoms with Crippen molar-refractivity contribution < 1.29 is 14.3 Å². The van der Waals surface area contributed by atoms with Crippen LogP contribution in [0, 0.1) is 0 Å². The molecule has 1 fully saturated rings. The number of nitrogens with zero attached hydrogens (tertiary/aromatic N) is 1. The molecule has 21 heavy (non-hydrogen) atoms. The number of thioether (sulfide) groups is 1. The number of amides is 1. The summed E-state index contributed by atoms with van der Waals surface area (Å²) in [6.45, 7) is 3.88. The van der Waals surface area contributed by atoms with Gasteiger partial charge in [0.05, 0.1) is 7.11 Å². The SMILES string of the molecule is COC(=O)[C@H]1N(C(=O)CCl)[C@@H](c2ccccc2)SC1(C)C. The Kier molecular flexibility index (Phi) is 4.84. The Morgan fingerprint density at radius 2 is 1.95 bits per heavy atom. The molecule has 0 unspecified atom stereocenters. The number of alkyl halides is 1. The molecular formula is C15H18ClNO3S. The van der Waals surface area contributed by atoms with Crippen molar-refractivity contribution in [3.63, 3.8) is 0 Å². The van der Waals surface area contributed by atoms with Crippen molar-refractivity contribution in [1.82, 2.24) is 4.90 Å². The van der Waals surface area contributed by atoms with E-state index in [-0.39, 0.29) is 17.2 Å². The van der Waals surface area contributed by atoms with Crippen molar-refractivity contribution in [2.45, 2.75) is 30.0 Å². The fourth-order valence-corrected chi connectivity index (χ4v) is 4.28. The van der Waals surface area contributed by atoms with Crippen LogP contribution in [0.15, 0.2) is 30.3 Å². The lowest BCUT2D eigenvalue weighted by molar-refractivity contribution is -0.152. The minimum absolute atomic E-state index is 0.159. The number of carbonyl (C=O) groups excluding carboxylic acids is 2. The van der Waals surface area contributed by atoms with Crippen LogP contribution in [0.1, 0.15) is 24.8 Å². The maximum Gasteiger partial charge on any atom is 0.330 e. The highest BCUT2D eigenvalue weighted by molar-refractivity contribution is 8.01. The minimum atomic E-state index is -0.649. The Bertz CT molecular complexity index is 535. The molecule has 0 spiro atoms. The summed E-state index contributed by atoms with van der Waals surface area (Å²) in [6, 6.07) is 8.99. The molecule has 1 saturated heterocycles. The molecule has 1 aliphatic heterocycles. The van der Waals surface area contributed by atoms with Gasteiger partial charge in [0.2, 0.25) is 5.91 Å². The first kappa shape index (κ1) is 16.2. The average molecular weight is 328 g/mol. The summed E-state index contributed by atoms with van der Waals surface area (Å²) in [6.07, 6.45) is 0. The van der Waals surface area contributed by atoms with Crippen LogP contribution in [0.3, 0.4) is 0 Å². The van der Waals surface area contributed by atoms with Crippen molar-refractivity contribution in [2.24, 2.45) is 0 Å². The fourth-order valence-electron chi connectivity index (χ4n) is 2.58. The molecule has 6 heteroatoms. The second-order valence-corrected chi connectivity index (χ2v) is 7.35. The molecule has 0 aliphatic carbocycles. The van der Waals surface area contributed by atoms with E-state index < -0.39 is 16.8 Å². The number of benzene rings is 1. The van der Waals surface area contributed by atoms with Crippen molar-refractivity contribution in [1.29, 1.82) is 0 Å². The molecule has 1 heterocycles. The highest BCUT2D eigenvalue weighted by atomic mass is 35.5. The van der Waals surface area contributed by atoms with Gasteiger partial charge in [0.1, 0.15) is 17.3 Å². The van der Waals surface area contributed by atoms with E-state index in [0.717, 1.165) is 5.56 Å². The lowest BCUT2D eigenvalue weighted by atomic mass is 10.0. The van der Waals surface area contributed by atoms with Gasteiger partial charge in [0.25, 0.3) is 0 Å². The number of halogens is 1. The molecule has 1 amide bonds. The summed E-state index contributed by atoms with van der Waals surface area (Å²) in [5, 5.41) is -0.239. The molecule has 2 atom stereocenters. The molecule has 1 aliphatic rings. The Morgan fingerprint density at radius 1 is 1.33 bits per heavy atom. The molecule has 0 aromatic heterocycles. The number of hydrogen-bond donors (Lipinski definition) is 0. The fraction of sp³-hybridized carbons (Fsp3) is 0.467. The third kappa shape index (κ3) is 3.04. The van der Waals surface area contributed by atoms with E-state index in [9.17, 15) is 9.59 Å². The standard InChI is InChI=1S/C15H18ClNO3S/c1-15(2)12(14(19)20-3)17(11(18)9-16)13(21-15)10-7-5-4-6-8-10/h4-8,12-13H,9H2,1-3H3/t12-,13-/m1/s1. The zero-order valence-corrected chi connectivity index (χ0v) is 13.8. The smallest absolute Gasteiger partial charge is 0.330 e. The molecular weight excluding hydrogens is 310 g/mol. The van der Waals surface area contributed by atoms with E-state index in [1.165, 1.54) is 7.11 Å². The molecule has 114 valence electrons. The van der Waals surface area contributed by atoms with E-state index in [2.05, 4.69) is 0 Å². The van der Waals surface area contributed by atoms with Gasteiger partial charge in [0.15, 0.2) is 0 Å². The Balaban J connectivity index is 2.46. The van der Waals surface area contributed by atoms with E-state index in [1.807, 2.05) is 44.2 Å². The van der Waals surface area contributed by atoms with Crippen LogP contribution in [-0.2, 0) is 14.3 Å². The Labute approximate surface area is 133 Å². The van der Waals surface area contributed by atoms with Gasteiger partial charge >= 0.3 is 5.97 Å². The third-order valence-corrected chi connectivity index (χ3v) is 5.30. The van der Waals surface area contributed by atoms with Crippen molar-refractivity contribution >= 4 is 35.2 Å². The maximum absolute atomic E-state index is 12.3. The van der Waals surface area contributed by atoms with Gasteiger partial charge in [-0.05, 0) is 19.4 Å². The normalized spacial score (nSPS) is 23.9. The second-order valence-electron chi connectivity index (χ2n) is 5.34. The maximum atomic E-state index is 12.3. The first-order valence-corrected chi connectivity index (χ1v) is 8.01. The molecule has 0 bridgehead atoms. The molecule has 0 N–H and O–H groups in total. The molecule has 2 rings (SSSR count). The van der Waals surface area contributed by atoms with Crippen molar-refractivity contribution in [2.75, 3.05) is 13.0 Å². The number of ether oxygens (including phenoxy) is 1. The topological polar surface area (TPSA) is 46.6 Å². The van der Waals surface area contributed by atoms with E-state index in [4.69, 9.17) is 16.3 Å². The number of esters is 1. The monoisotopic (exact) mass is 327 g/mol. The van der Waals surface area contributed by atoms with E-state index >= 15 is 0 Å². The van der Waals surface area contributed by atoms with Crippen molar-refractivity contribution in [3.8, 4) is 0 Å². The summed E-state index contributed by atoms with van der Waals surface area (Å²) in [5.41, 5.74) is 0.973. The number of methoxy groups -OCH3 is 1. The number of rotatable bonds is 3. The van der Waals surface area contributed by atoms with Crippen LogP contribution in [0.2, 0.25) is 0 Å². The van der Waals surface area contributed by atoms with Gasteiger partial charge in [-0.2, -0.15) is 0 Å². The largest absolute Gasteiger partial charge is 0.467 e. The van der Waals surface area contributed by atoms with Gasteiger partial charge in [-0.15, -0.1) is 23.4 Å². The lowest BCUT2D eigenvalue weighted by Gasteiger charge is -2.30. The van der Waals surface area contributed by atoms with Crippen molar-refractivity contribution in [3.05, 3.63) is 35.9 Å². The minimum Gasteiger partial charge on any atom is -0.467 e. The molecule has 0 saturated carbocycles. The summed E-state index contributed by atoms with van der Waals surface area (Å²) >= 11 is 7.31. The summed E-state index contributed by atoms with van der Waals surface area (Å²) in [7, 11) is 1.34. The zero-order valence-electron chi connectivity index (χ0n) is 12.2. The molecule has 1 aromatic carbocycles. The highest BCUT2D eigenvalue weighted by Crippen LogP contribution is 2.52. The zero-order chi connectivity index (χ0) is 15.6. The first-order valence-electron chi connectivity index (χ1n) is 6.60. The van der Waals surface area contributed by atoms with Crippen LogP contribution in [-0.4, -0.2) is 40.6 Å². The van der Waals surface area contributed by atoms with Gasteiger partial charge in [-0.3, -0.25) is 4.79 Å². The average Bonchev–Trinajstić information content (AvgIpc) is 2.78. The summed E-state index contributed by atoms with van der Waals surface area (Å²) < 4.78 is 4.44. The van der Waals surface area contributed by atoms with Crippen LogP contribution in [0.25, 0.3) is 0 Å². The second kappa shape index (κ2) is 6.28. The predicted molar refractivity (Wildman–Crippen MR) is 84.2 cm³/mol. The van der Waals surface area contributed by atoms with Gasteiger partial charge < -0.3 is 9.64 Å². The van der Waals surface area contributed by atoms with Gasteiger partial charge in [-0.1, -0.05) is 30.3 Å². The first-order chi connectivity index (χ1) is 9.92. The van der Waals surface area contributed by atoms with Crippen LogP contribution in [0.5, 0.6) is 0 Å². The lowest BCUT2D eigenvalue weighted by Crippen LogP contribution is -2.50.